The molecule has 1 fully saturated rings. The molecular weight excluding hydrogens is 358 g/mol. The number of benzene rings is 1. The average Bonchev–Trinajstić information content (AvgIpc) is 2.56. The number of halogens is 1. The van der Waals surface area contributed by atoms with Gasteiger partial charge in [-0.2, -0.15) is 0 Å². The van der Waals surface area contributed by atoms with Crippen LogP contribution >= 0.6 is 23.4 Å². The third-order valence-electron chi connectivity index (χ3n) is 4.09. The van der Waals surface area contributed by atoms with E-state index < -0.39 is 0 Å². The summed E-state index contributed by atoms with van der Waals surface area (Å²) in [6.45, 7) is 7.54. The van der Waals surface area contributed by atoms with Gasteiger partial charge in [-0.3, -0.25) is 9.59 Å². The van der Waals surface area contributed by atoms with Crippen molar-refractivity contribution in [3.8, 4) is 0 Å². The molecule has 0 bridgehead atoms. The highest BCUT2D eigenvalue weighted by molar-refractivity contribution is 7.99. The molecule has 1 aromatic rings. The molecule has 0 aliphatic carbocycles. The largest absolute Gasteiger partial charge is 0.349 e. The standard InChI is InChI=1S/C18H26ClN3O2S/c1-14(2)20-17(23)11-21-7-9-22(10-8-21)18(24)13-25-12-15-3-5-16(19)6-4-15/h3-6,14H,7-13H2,1-2H3,(H,20,23)/p+1. The quantitative estimate of drug-likeness (QED) is 0.732. The van der Waals surface area contributed by atoms with Crippen molar-refractivity contribution >= 4 is 35.2 Å². The Labute approximate surface area is 159 Å². The van der Waals surface area contributed by atoms with Gasteiger partial charge in [0.2, 0.25) is 5.91 Å². The minimum atomic E-state index is 0.0864. The first-order valence-electron chi connectivity index (χ1n) is 8.67. The van der Waals surface area contributed by atoms with Gasteiger partial charge < -0.3 is 15.1 Å². The van der Waals surface area contributed by atoms with E-state index in [4.69, 9.17) is 11.6 Å². The van der Waals surface area contributed by atoms with Crippen LogP contribution in [0.2, 0.25) is 5.02 Å². The lowest BCUT2D eigenvalue weighted by Crippen LogP contribution is -3.16. The Morgan fingerprint density at radius 1 is 1.24 bits per heavy atom. The zero-order valence-electron chi connectivity index (χ0n) is 14.9. The van der Waals surface area contributed by atoms with Crippen LogP contribution in [0.3, 0.4) is 0 Å². The fourth-order valence-corrected chi connectivity index (χ4v) is 3.79. The summed E-state index contributed by atoms with van der Waals surface area (Å²) in [5.41, 5.74) is 1.17. The minimum Gasteiger partial charge on any atom is -0.349 e. The lowest BCUT2D eigenvalue weighted by Gasteiger charge is -2.32. The van der Waals surface area contributed by atoms with Crippen LogP contribution in [0.5, 0.6) is 0 Å². The number of amides is 2. The number of quaternary nitrogens is 1. The van der Waals surface area contributed by atoms with E-state index in [0.717, 1.165) is 37.0 Å². The molecule has 0 aromatic heterocycles. The number of piperazine rings is 1. The number of thioether (sulfide) groups is 1. The molecule has 1 aliphatic rings. The smallest absolute Gasteiger partial charge is 0.275 e. The number of carbonyl (C=O) groups is 2. The molecule has 138 valence electrons. The molecule has 7 heteroatoms. The van der Waals surface area contributed by atoms with Crippen LogP contribution in [-0.2, 0) is 15.3 Å². The molecule has 2 rings (SSSR count). The van der Waals surface area contributed by atoms with E-state index in [2.05, 4.69) is 5.32 Å². The average molecular weight is 385 g/mol. The Balaban J connectivity index is 1.65. The van der Waals surface area contributed by atoms with E-state index in [1.807, 2.05) is 43.0 Å². The summed E-state index contributed by atoms with van der Waals surface area (Å²) in [5, 5.41) is 3.65. The first-order valence-corrected chi connectivity index (χ1v) is 10.2. The maximum atomic E-state index is 12.3. The number of carbonyl (C=O) groups excluding carboxylic acids is 2. The van der Waals surface area contributed by atoms with Crippen molar-refractivity contribution in [1.29, 1.82) is 0 Å². The second-order valence-corrected chi connectivity index (χ2v) is 8.07. The van der Waals surface area contributed by atoms with Crippen molar-refractivity contribution in [2.24, 2.45) is 0 Å². The minimum absolute atomic E-state index is 0.0864. The molecule has 0 unspecified atom stereocenters. The van der Waals surface area contributed by atoms with Crippen LogP contribution in [0.1, 0.15) is 19.4 Å². The maximum absolute atomic E-state index is 12.3. The van der Waals surface area contributed by atoms with E-state index in [9.17, 15) is 9.59 Å². The SMILES string of the molecule is CC(C)NC(=O)C[NH+]1CCN(C(=O)CSCc2ccc(Cl)cc2)CC1. The Bertz CT molecular complexity index is 572. The topological polar surface area (TPSA) is 53.9 Å². The summed E-state index contributed by atoms with van der Waals surface area (Å²) in [5.74, 6) is 1.57. The van der Waals surface area contributed by atoms with E-state index in [-0.39, 0.29) is 17.9 Å². The lowest BCUT2D eigenvalue weighted by molar-refractivity contribution is -0.896. The molecule has 25 heavy (non-hydrogen) atoms. The number of nitrogens with zero attached hydrogens (tertiary/aromatic N) is 1. The second-order valence-electron chi connectivity index (χ2n) is 6.65. The van der Waals surface area contributed by atoms with Gasteiger partial charge in [-0.15, -0.1) is 11.8 Å². The summed E-state index contributed by atoms with van der Waals surface area (Å²) < 4.78 is 0. The van der Waals surface area contributed by atoms with E-state index in [1.54, 1.807) is 11.8 Å². The number of nitrogens with one attached hydrogen (secondary N) is 2. The van der Waals surface area contributed by atoms with Crippen molar-refractivity contribution < 1.29 is 14.5 Å². The van der Waals surface area contributed by atoms with Gasteiger partial charge in [0.1, 0.15) is 0 Å². The van der Waals surface area contributed by atoms with Crippen LogP contribution in [0.15, 0.2) is 24.3 Å². The highest BCUT2D eigenvalue weighted by Crippen LogP contribution is 2.15. The van der Waals surface area contributed by atoms with Gasteiger partial charge in [0.05, 0.1) is 31.9 Å². The molecule has 1 heterocycles. The molecule has 2 amide bonds. The van der Waals surface area contributed by atoms with Gasteiger partial charge in [-0.1, -0.05) is 23.7 Å². The van der Waals surface area contributed by atoms with Crippen LogP contribution in [-0.4, -0.2) is 61.2 Å². The fourth-order valence-electron chi connectivity index (χ4n) is 2.78. The Kier molecular flexibility index (Phi) is 8.06. The van der Waals surface area contributed by atoms with Crippen molar-refractivity contribution in [2.45, 2.75) is 25.6 Å². The number of hydrogen-bond acceptors (Lipinski definition) is 3. The van der Waals surface area contributed by atoms with Gasteiger partial charge in [-0.25, -0.2) is 0 Å². The van der Waals surface area contributed by atoms with Crippen LogP contribution in [0, 0.1) is 0 Å². The molecular formula is C18H27ClN3O2S+. The molecule has 5 nitrogen and oxygen atoms in total. The van der Waals surface area contributed by atoms with Gasteiger partial charge in [-0.05, 0) is 31.5 Å². The highest BCUT2D eigenvalue weighted by atomic mass is 35.5. The number of rotatable bonds is 7. The molecule has 0 spiro atoms. The third kappa shape index (κ3) is 7.26. The summed E-state index contributed by atoms with van der Waals surface area (Å²) in [6.07, 6.45) is 0. The van der Waals surface area contributed by atoms with Crippen molar-refractivity contribution in [3.05, 3.63) is 34.9 Å². The van der Waals surface area contributed by atoms with Crippen molar-refractivity contribution in [3.63, 3.8) is 0 Å². The Morgan fingerprint density at radius 3 is 2.48 bits per heavy atom. The van der Waals surface area contributed by atoms with E-state index in [0.29, 0.717) is 12.3 Å². The van der Waals surface area contributed by atoms with Gasteiger partial charge >= 0.3 is 0 Å². The summed E-state index contributed by atoms with van der Waals surface area (Å²) in [4.78, 5) is 27.3. The lowest BCUT2D eigenvalue weighted by atomic mass is 10.2. The zero-order chi connectivity index (χ0) is 18.2. The van der Waals surface area contributed by atoms with Crippen LogP contribution in [0.25, 0.3) is 0 Å². The van der Waals surface area contributed by atoms with Gasteiger partial charge in [0, 0.05) is 16.8 Å². The van der Waals surface area contributed by atoms with Gasteiger partial charge in [0.25, 0.3) is 5.91 Å². The van der Waals surface area contributed by atoms with Crippen molar-refractivity contribution in [1.82, 2.24) is 10.2 Å². The Hall–Kier alpha value is -1.24. The molecule has 1 saturated heterocycles. The van der Waals surface area contributed by atoms with Crippen molar-refractivity contribution in [2.75, 3.05) is 38.5 Å². The fraction of sp³-hybridized carbons (Fsp3) is 0.556. The molecule has 1 aromatic carbocycles. The monoisotopic (exact) mass is 384 g/mol. The maximum Gasteiger partial charge on any atom is 0.275 e. The first-order chi connectivity index (χ1) is 11.9. The van der Waals surface area contributed by atoms with E-state index in [1.165, 1.54) is 10.5 Å². The van der Waals surface area contributed by atoms with E-state index >= 15 is 0 Å². The van der Waals surface area contributed by atoms with Gasteiger partial charge in [0.15, 0.2) is 6.54 Å². The third-order valence-corrected chi connectivity index (χ3v) is 5.33. The molecule has 0 radical (unpaired) electrons. The zero-order valence-corrected chi connectivity index (χ0v) is 16.5. The molecule has 2 N–H and O–H groups in total. The molecule has 0 atom stereocenters. The normalized spacial score (nSPS) is 15.4. The van der Waals surface area contributed by atoms with Crippen LogP contribution < -0.4 is 10.2 Å². The first kappa shape index (κ1) is 20.1. The Morgan fingerprint density at radius 2 is 1.88 bits per heavy atom. The highest BCUT2D eigenvalue weighted by Gasteiger charge is 2.25. The van der Waals surface area contributed by atoms with Crippen LogP contribution in [0.4, 0.5) is 0 Å². The predicted octanol–water partition coefficient (Wildman–Crippen LogP) is 0.825. The summed E-state index contributed by atoms with van der Waals surface area (Å²) >= 11 is 7.50. The predicted molar refractivity (Wildman–Crippen MR) is 103 cm³/mol. The summed E-state index contributed by atoms with van der Waals surface area (Å²) in [6, 6.07) is 7.90. The molecule has 0 saturated carbocycles. The second kappa shape index (κ2) is 10.0. The summed E-state index contributed by atoms with van der Waals surface area (Å²) in [7, 11) is 0. The number of hydrogen-bond donors (Lipinski definition) is 2. The molecule has 1 aliphatic heterocycles.